The fourth-order valence-electron chi connectivity index (χ4n) is 4.63. The van der Waals surface area contributed by atoms with Crippen LogP contribution >= 0.6 is 0 Å². The summed E-state index contributed by atoms with van der Waals surface area (Å²) in [5.74, 6) is 1.16. The van der Waals surface area contributed by atoms with Crippen LogP contribution in [0, 0.1) is 6.57 Å². The maximum atomic E-state index is 11.7. The Balaban J connectivity index is 1.42. The van der Waals surface area contributed by atoms with Crippen LogP contribution < -0.4 is 4.90 Å². The number of nitrogens with zero attached hydrogens (tertiary/aromatic N) is 6. The minimum atomic E-state index is 0.346. The molecule has 2 aliphatic heterocycles. The van der Waals surface area contributed by atoms with Crippen LogP contribution in [0.5, 0.6) is 0 Å². The Morgan fingerprint density at radius 2 is 1.78 bits per heavy atom. The van der Waals surface area contributed by atoms with Crippen LogP contribution in [-0.2, 0) is 11.3 Å². The van der Waals surface area contributed by atoms with Gasteiger partial charge in [-0.2, -0.15) is 0 Å². The average Bonchev–Trinajstić information content (AvgIpc) is 3.45. The van der Waals surface area contributed by atoms with Crippen LogP contribution in [0.25, 0.3) is 33.2 Å². The molecule has 4 heterocycles. The van der Waals surface area contributed by atoms with Crippen LogP contribution in [0.15, 0.2) is 61.1 Å². The number of ketones is 1. The molecular formula is C25H20N6O. The number of hydrogen-bond donors (Lipinski definition) is 0. The van der Waals surface area contributed by atoms with Crippen molar-refractivity contribution in [1.29, 1.82) is 0 Å². The number of rotatable bonds is 2. The predicted molar refractivity (Wildman–Crippen MR) is 122 cm³/mol. The number of anilines is 1. The van der Waals surface area contributed by atoms with E-state index in [1.807, 2.05) is 28.8 Å². The molecule has 0 aliphatic carbocycles. The van der Waals surface area contributed by atoms with Crippen molar-refractivity contribution >= 4 is 17.2 Å². The molecule has 0 saturated carbocycles. The van der Waals surface area contributed by atoms with Gasteiger partial charge in [-0.25, -0.2) is 4.85 Å². The number of fused-ring (bicyclic) bond motifs is 5. The van der Waals surface area contributed by atoms with Gasteiger partial charge < -0.3 is 9.47 Å². The molecule has 7 heteroatoms. The van der Waals surface area contributed by atoms with Crippen molar-refractivity contribution < 1.29 is 4.79 Å². The number of piperidine rings is 1. The molecule has 0 spiro atoms. The summed E-state index contributed by atoms with van der Waals surface area (Å²) in [6.45, 7) is 9.43. The summed E-state index contributed by atoms with van der Waals surface area (Å²) in [6, 6.07) is 16.3. The summed E-state index contributed by atoms with van der Waals surface area (Å²) < 4.78 is 4.26. The number of aromatic nitrogens is 4. The van der Waals surface area contributed by atoms with Gasteiger partial charge in [-0.3, -0.25) is 9.36 Å². The highest BCUT2D eigenvalue weighted by Gasteiger charge is 2.23. The van der Waals surface area contributed by atoms with Crippen molar-refractivity contribution in [2.24, 2.45) is 0 Å². The van der Waals surface area contributed by atoms with Crippen molar-refractivity contribution in [3.63, 3.8) is 0 Å². The monoisotopic (exact) mass is 420 g/mol. The third kappa shape index (κ3) is 3.00. The van der Waals surface area contributed by atoms with Gasteiger partial charge in [0.1, 0.15) is 12.1 Å². The second-order valence-corrected chi connectivity index (χ2v) is 8.26. The molecule has 2 aromatic carbocycles. The van der Waals surface area contributed by atoms with Crippen molar-refractivity contribution in [3.8, 4) is 28.3 Å². The summed E-state index contributed by atoms with van der Waals surface area (Å²) in [7, 11) is 0. The lowest BCUT2D eigenvalue weighted by Crippen LogP contribution is -2.33. The first kappa shape index (κ1) is 18.6. The van der Waals surface area contributed by atoms with Gasteiger partial charge in [-0.05, 0) is 35.4 Å². The molecule has 0 bridgehead atoms. The average molecular weight is 420 g/mol. The first-order valence-corrected chi connectivity index (χ1v) is 10.7. The molecule has 0 amide bonds. The lowest BCUT2D eigenvalue weighted by molar-refractivity contribution is -0.119. The minimum absolute atomic E-state index is 0.346. The standard InChI is InChI=1S/C25H20N6O/c1-26-20-4-2-17(3-5-20)18-13-24-25-28-27-16-31(25)23-7-6-21(12-19(23)15-30(24)14-18)29-10-8-22(32)9-11-29/h2-7,12-14,16H,8-11,15H2. The van der Waals surface area contributed by atoms with Gasteiger partial charge in [0.2, 0.25) is 0 Å². The highest BCUT2D eigenvalue weighted by Crippen LogP contribution is 2.35. The Kier molecular flexibility index (Phi) is 4.18. The van der Waals surface area contributed by atoms with Crippen molar-refractivity contribution in [2.75, 3.05) is 18.0 Å². The van der Waals surface area contributed by atoms with Gasteiger partial charge in [0, 0.05) is 49.9 Å². The van der Waals surface area contributed by atoms with E-state index in [4.69, 9.17) is 6.57 Å². The SMILES string of the molecule is [C-]#[N+]c1ccc(-c2cc3n(c2)Cc2cc(N4CCC(=O)CC4)ccc2-n2cnnc2-3)cc1. The van der Waals surface area contributed by atoms with E-state index >= 15 is 0 Å². The number of carbonyl (C=O) groups is 1. The Morgan fingerprint density at radius 1 is 0.969 bits per heavy atom. The first-order valence-electron chi connectivity index (χ1n) is 10.7. The summed E-state index contributed by atoms with van der Waals surface area (Å²) in [5.41, 5.74) is 7.20. The molecule has 0 unspecified atom stereocenters. The first-order chi connectivity index (χ1) is 15.7. The van der Waals surface area contributed by atoms with E-state index in [0.717, 1.165) is 53.7 Å². The third-order valence-electron chi connectivity index (χ3n) is 6.35. The number of benzene rings is 2. The van der Waals surface area contributed by atoms with E-state index in [1.54, 1.807) is 6.33 Å². The van der Waals surface area contributed by atoms with Crippen molar-refractivity contribution in [2.45, 2.75) is 19.4 Å². The molecule has 1 saturated heterocycles. The van der Waals surface area contributed by atoms with Crippen molar-refractivity contribution in [1.82, 2.24) is 19.3 Å². The zero-order valence-corrected chi connectivity index (χ0v) is 17.4. The van der Waals surface area contributed by atoms with Crippen molar-refractivity contribution in [3.05, 3.63) is 78.0 Å². The van der Waals surface area contributed by atoms with E-state index in [9.17, 15) is 4.79 Å². The molecule has 7 nitrogen and oxygen atoms in total. The van der Waals surface area contributed by atoms with Crippen LogP contribution in [0.2, 0.25) is 0 Å². The largest absolute Gasteiger partial charge is 0.371 e. The highest BCUT2D eigenvalue weighted by atomic mass is 16.1. The Bertz CT molecular complexity index is 1380. The Morgan fingerprint density at radius 3 is 2.56 bits per heavy atom. The van der Waals surface area contributed by atoms with Gasteiger partial charge in [0.25, 0.3) is 0 Å². The minimum Gasteiger partial charge on any atom is -0.371 e. The van der Waals surface area contributed by atoms with Gasteiger partial charge >= 0.3 is 0 Å². The Labute approximate surface area is 185 Å². The van der Waals surface area contributed by atoms with Crippen LogP contribution in [0.4, 0.5) is 11.4 Å². The predicted octanol–water partition coefficient (Wildman–Crippen LogP) is 4.48. The van der Waals surface area contributed by atoms with Gasteiger partial charge in [-0.1, -0.05) is 24.3 Å². The second-order valence-electron chi connectivity index (χ2n) is 8.26. The molecule has 2 aliphatic rings. The molecule has 2 aromatic heterocycles. The molecule has 1 fully saturated rings. The third-order valence-corrected chi connectivity index (χ3v) is 6.35. The fourth-order valence-corrected chi connectivity index (χ4v) is 4.63. The van der Waals surface area contributed by atoms with E-state index in [1.165, 1.54) is 5.56 Å². The number of Topliss-reactive ketones (excluding diaryl/α,β-unsaturated/α-hetero) is 1. The second kappa shape index (κ2) is 7.20. The van der Waals surface area contributed by atoms with Gasteiger partial charge in [0.05, 0.1) is 18.0 Å². The van der Waals surface area contributed by atoms with Crippen LogP contribution in [0.1, 0.15) is 18.4 Å². The van der Waals surface area contributed by atoms with E-state index in [-0.39, 0.29) is 0 Å². The number of carbonyl (C=O) groups excluding carboxylic acids is 1. The molecule has 4 aromatic rings. The lowest BCUT2D eigenvalue weighted by atomic mass is 10.1. The van der Waals surface area contributed by atoms with Gasteiger partial charge in [0.15, 0.2) is 11.5 Å². The quantitative estimate of drug-likeness (QED) is 0.395. The molecule has 32 heavy (non-hydrogen) atoms. The molecule has 156 valence electrons. The van der Waals surface area contributed by atoms with Gasteiger partial charge in [-0.15, -0.1) is 10.2 Å². The maximum absolute atomic E-state index is 11.7. The van der Waals surface area contributed by atoms with E-state index in [2.05, 4.69) is 55.0 Å². The van der Waals surface area contributed by atoms with E-state index < -0.39 is 0 Å². The molecule has 0 N–H and O–H groups in total. The molecule has 0 atom stereocenters. The fraction of sp³-hybridized carbons (Fsp3) is 0.200. The summed E-state index contributed by atoms with van der Waals surface area (Å²) in [5, 5.41) is 8.60. The smallest absolute Gasteiger partial charge is 0.187 e. The highest BCUT2D eigenvalue weighted by molar-refractivity contribution is 5.81. The summed E-state index contributed by atoms with van der Waals surface area (Å²) in [6.07, 6.45) is 5.14. The Hall–Kier alpha value is -4.18. The molecular weight excluding hydrogens is 400 g/mol. The van der Waals surface area contributed by atoms with Crippen LogP contribution in [0.3, 0.4) is 0 Å². The zero-order chi connectivity index (χ0) is 21.7. The normalized spacial score (nSPS) is 14.8. The topological polar surface area (TPSA) is 60.3 Å². The summed E-state index contributed by atoms with van der Waals surface area (Å²) >= 11 is 0. The summed E-state index contributed by atoms with van der Waals surface area (Å²) in [4.78, 5) is 17.4. The number of hydrogen-bond acceptors (Lipinski definition) is 4. The maximum Gasteiger partial charge on any atom is 0.187 e. The van der Waals surface area contributed by atoms with E-state index in [0.29, 0.717) is 24.3 Å². The van der Waals surface area contributed by atoms with Crippen LogP contribution in [-0.4, -0.2) is 38.2 Å². The lowest BCUT2D eigenvalue weighted by Gasteiger charge is -2.29. The molecule has 0 radical (unpaired) electrons. The molecule has 6 rings (SSSR count). The zero-order valence-electron chi connectivity index (χ0n) is 17.4.